The molecule has 0 saturated heterocycles. The van der Waals surface area contributed by atoms with E-state index in [1.807, 2.05) is 0 Å². The Morgan fingerprint density at radius 3 is 1.04 bits per heavy atom. The van der Waals surface area contributed by atoms with Crippen molar-refractivity contribution in [3.8, 4) is 39.9 Å². The van der Waals surface area contributed by atoms with Gasteiger partial charge in [-0.25, -0.2) is 0 Å². The molecule has 0 radical (unpaired) electrons. The maximum Gasteiger partial charge on any atom is 0.104 e. The summed E-state index contributed by atoms with van der Waals surface area (Å²) in [4.78, 5) is 0. The fraction of sp³-hybridized carbons (Fsp3) is 0.208. The van der Waals surface area contributed by atoms with Crippen LogP contribution in [0.25, 0.3) is 121 Å². The smallest absolute Gasteiger partial charge is 0.104 e. The van der Waals surface area contributed by atoms with Gasteiger partial charge in [0.2, 0.25) is 0 Å². The Morgan fingerprint density at radius 2 is 0.683 bits per heavy atom. The summed E-state index contributed by atoms with van der Waals surface area (Å²) in [6.45, 7) is 27.6. The van der Waals surface area contributed by atoms with Crippen molar-refractivity contribution >= 4 is 87.2 Å². The maximum atomic E-state index is 13.1. The van der Waals surface area contributed by atoms with Crippen molar-refractivity contribution < 1.29 is 0 Å². The minimum atomic E-state index is -0.116. The molecule has 0 N–H and O–H groups in total. The van der Waals surface area contributed by atoms with Crippen LogP contribution in [0.5, 0.6) is 0 Å². The summed E-state index contributed by atoms with van der Waals surface area (Å²) in [5.74, 6) is 0.620. The second-order valence-electron chi connectivity index (χ2n) is 25.7. The lowest BCUT2D eigenvalue weighted by atomic mass is 9.85. The Morgan fingerprint density at radius 1 is 0.354 bits per heavy atom. The van der Waals surface area contributed by atoms with Gasteiger partial charge < -0.3 is 18.3 Å². The van der Waals surface area contributed by atoms with E-state index >= 15 is 0 Å². The summed E-state index contributed by atoms with van der Waals surface area (Å²) in [6.07, 6.45) is 0. The van der Waals surface area contributed by atoms with E-state index in [9.17, 15) is 5.26 Å². The van der Waals surface area contributed by atoms with E-state index in [0.29, 0.717) is 17.4 Å². The zero-order chi connectivity index (χ0) is 56.8. The standard InChI is InChI=1S/C77H69N5/c1-45(2)49-32-36-67-58(40-49)59-41-50(46(3)4)33-37-68(59)81(67)74-71(53-27-21-22-47(5)48(53)6)75(82-69-38-34-51(76(7,8)9)42-60(69)61-43-52(77(10,11)12)35-39-70(61)82)73(80-65-30-19-15-25-56(65)57-26-16-20-31-66(57)80)62(44-78)72(74)79-63-28-17-13-23-54(63)55-24-14-18-29-64(55)79/h13-43,45-46H,1-12H3. The number of nitrogens with zero attached hydrogens (tertiary/aromatic N) is 5. The highest BCUT2D eigenvalue weighted by Gasteiger charge is 2.36. The van der Waals surface area contributed by atoms with E-state index in [4.69, 9.17) is 0 Å². The fourth-order valence-corrected chi connectivity index (χ4v) is 13.5. The predicted molar refractivity (Wildman–Crippen MR) is 349 cm³/mol. The molecule has 0 atom stereocenters. The maximum absolute atomic E-state index is 13.1. The Kier molecular flexibility index (Phi) is 11.5. The van der Waals surface area contributed by atoms with Crippen LogP contribution in [-0.2, 0) is 10.8 Å². The van der Waals surface area contributed by atoms with Gasteiger partial charge >= 0.3 is 0 Å². The van der Waals surface area contributed by atoms with Crippen molar-refractivity contribution in [2.24, 2.45) is 0 Å². The molecule has 14 rings (SSSR count). The van der Waals surface area contributed by atoms with Crippen molar-refractivity contribution in [2.75, 3.05) is 0 Å². The van der Waals surface area contributed by atoms with Crippen LogP contribution in [0.15, 0.2) is 188 Å². The molecule has 402 valence electrons. The van der Waals surface area contributed by atoms with Crippen LogP contribution < -0.4 is 0 Å². The van der Waals surface area contributed by atoms with Crippen LogP contribution in [0.1, 0.15) is 120 Å². The topological polar surface area (TPSA) is 43.5 Å². The minimum Gasteiger partial charge on any atom is -0.306 e. The Balaban J connectivity index is 1.36. The first kappa shape index (κ1) is 51.1. The monoisotopic (exact) mass is 1060 g/mol. The largest absolute Gasteiger partial charge is 0.306 e. The molecule has 4 aromatic heterocycles. The number of fused-ring (bicyclic) bond motifs is 12. The number of aryl methyl sites for hydroxylation is 1. The SMILES string of the molecule is Cc1cccc(-c2c(-n3c4ccc(C(C)C)cc4c4cc(C(C)C)ccc43)c(-n3c4ccccc4c4ccccc43)c(C#N)c(-n3c4ccccc4c4ccccc43)c2-n2c3ccc(C(C)(C)C)cc3c3cc(C(C)(C)C)ccc32)c1C. The van der Waals surface area contributed by atoms with Crippen LogP contribution in [0.3, 0.4) is 0 Å². The van der Waals surface area contributed by atoms with Gasteiger partial charge in [0.05, 0.1) is 66.9 Å². The predicted octanol–water partition coefficient (Wildman–Crippen LogP) is 21.1. The van der Waals surface area contributed by atoms with Crippen molar-refractivity contribution in [1.29, 1.82) is 5.26 Å². The molecule has 0 saturated carbocycles. The number of para-hydroxylation sites is 4. The van der Waals surface area contributed by atoms with Crippen molar-refractivity contribution in [3.05, 3.63) is 227 Å². The van der Waals surface area contributed by atoms with E-state index in [1.165, 1.54) is 54.9 Å². The molecule has 0 aliphatic rings. The summed E-state index contributed by atoms with van der Waals surface area (Å²) in [5, 5.41) is 22.3. The normalized spacial score (nSPS) is 12.6. The van der Waals surface area contributed by atoms with Gasteiger partial charge in [-0.15, -0.1) is 0 Å². The third-order valence-electron chi connectivity index (χ3n) is 18.1. The molecule has 5 nitrogen and oxygen atoms in total. The molecular formula is C77H69N5. The second-order valence-corrected chi connectivity index (χ2v) is 25.7. The average Bonchev–Trinajstić information content (AvgIpc) is 1.99. The second kappa shape index (κ2) is 18.5. The van der Waals surface area contributed by atoms with Gasteiger partial charge in [0.1, 0.15) is 11.6 Å². The summed E-state index contributed by atoms with van der Waals surface area (Å²) in [5.41, 5.74) is 21.9. The molecule has 10 aromatic carbocycles. The zero-order valence-electron chi connectivity index (χ0n) is 49.3. The first-order valence-corrected chi connectivity index (χ1v) is 29.3. The van der Waals surface area contributed by atoms with E-state index in [2.05, 4.69) is 295 Å². The summed E-state index contributed by atoms with van der Waals surface area (Å²) in [7, 11) is 0. The number of nitriles is 1. The highest BCUT2D eigenvalue weighted by Crippen LogP contribution is 2.53. The quantitative estimate of drug-likeness (QED) is 0.157. The van der Waals surface area contributed by atoms with Crippen molar-refractivity contribution in [3.63, 3.8) is 0 Å². The first-order chi connectivity index (χ1) is 39.4. The molecule has 14 aromatic rings. The lowest BCUT2D eigenvalue weighted by Crippen LogP contribution is -2.17. The molecule has 0 unspecified atom stereocenters. The fourth-order valence-electron chi connectivity index (χ4n) is 13.5. The molecule has 0 fully saturated rings. The van der Waals surface area contributed by atoms with Crippen LogP contribution in [0.2, 0.25) is 0 Å². The van der Waals surface area contributed by atoms with E-state index in [1.54, 1.807) is 0 Å². The van der Waals surface area contributed by atoms with Gasteiger partial charge in [-0.2, -0.15) is 5.26 Å². The molecule has 0 aliphatic carbocycles. The third-order valence-corrected chi connectivity index (χ3v) is 18.1. The van der Waals surface area contributed by atoms with Gasteiger partial charge in [-0.1, -0.05) is 184 Å². The molecule has 0 spiro atoms. The Bertz CT molecular complexity index is 4790. The molecule has 4 heterocycles. The van der Waals surface area contributed by atoms with Gasteiger partial charge in [0.25, 0.3) is 0 Å². The number of benzene rings is 10. The molecule has 0 bridgehead atoms. The Labute approximate surface area is 480 Å². The van der Waals surface area contributed by atoms with Crippen LogP contribution in [0, 0.1) is 25.2 Å². The minimum absolute atomic E-state index is 0.116. The van der Waals surface area contributed by atoms with Crippen molar-refractivity contribution in [2.45, 2.75) is 106 Å². The van der Waals surface area contributed by atoms with Crippen molar-refractivity contribution in [1.82, 2.24) is 18.3 Å². The Hall–Kier alpha value is -9.11. The van der Waals surface area contributed by atoms with Gasteiger partial charge in [0.15, 0.2) is 0 Å². The zero-order valence-corrected chi connectivity index (χ0v) is 49.3. The number of rotatable bonds is 7. The number of aromatic nitrogens is 4. The molecule has 82 heavy (non-hydrogen) atoms. The highest BCUT2D eigenvalue weighted by molar-refractivity contribution is 6.17. The summed E-state index contributed by atoms with van der Waals surface area (Å²) >= 11 is 0. The molecule has 0 amide bonds. The summed E-state index contributed by atoms with van der Waals surface area (Å²) in [6, 6.07) is 73.6. The van der Waals surface area contributed by atoms with E-state index in [0.717, 1.165) is 99.6 Å². The summed E-state index contributed by atoms with van der Waals surface area (Å²) < 4.78 is 9.99. The van der Waals surface area contributed by atoms with E-state index < -0.39 is 0 Å². The molecular weight excluding hydrogens is 995 g/mol. The highest BCUT2D eigenvalue weighted by atomic mass is 15.1. The van der Waals surface area contributed by atoms with Gasteiger partial charge in [-0.05, 0) is 148 Å². The number of hydrogen-bond donors (Lipinski definition) is 0. The molecule has 0 aliphatic heterocycles. The third kappa shape index (κ3) is 7.50. The average molecular weight is 1060 g/mol. The first-order valence-electron chi connectivity index (χ1n) is 29.3. The van der Waals surface area contributed by atoms with Crippen LogP contribution >= 0.6 is 0 Å². The molecule has 5 heteroatoms. The van der Waals surface area contributed by atoms with Gasteiger partial charge in [-0.3, -0.25) is 0 Å². The lowest BCUT2D eigenvalue weighted by molar-refractivity contribution is 0.590. The van der Waals surface area contributed by atoms with E-state index in [-0.39, 0.29) is 10.8 Å². The number of hydrogen-bond acceptors (Lipinski definition) is 1. The lowest BCUT2D eigenvalue weighted by Gasteiger charge is -2.30. The van der Waals surface area contributed by atoms with Gasteiger partial charge in [0, 0.05) is 48.7 Å². The van der Waals surface area contributed by atoms with Crippen LogP contribution in [0.4, 0.5) is 0 Å². The van der Waals surface area contributed by atoms with Crippen LogP contribution in [-0.4, -0.2) is 18.3 Å².